The predicted octanol–water partition coefficient (Wildman–Crippen LogP) is 3.42. The third kappa shape index (κ3) is 4.96. The standard InChI is InChI=1S/C20H25N3O3/c24-14-21-11-15-4-3-5-16(10-15)12-23-20(25)22-9-8-17-13-26-19-7-2-1-6-18(17)19/h1-2,6-7,13,15-16H,3-5,8-12H2,(H2,22,23,25). The second-order valence-corrected chi connectivity index (χ2v) is 6.97. The molecule has 6 heteroatoms. The van der Waals surface area contributed by atoms with Crippen molar-refractivity contribution < 1.29 is 14.0 Å². The van der Waals surface area contributed by atoms with Crippen molar-refractivity contribution in [3.63, 3.8) is 0 Å². The number of hydrogen-bond donors (Lipinski definition) is 2. The predicted molar refractivity (Wildman–Crippen MR) is 99.8 cm³/mol. The van der Waals surface area contributed by atoms with E-state index in [2.05, 4.69) is 15.6 Å². The fraction of sp³-hybridized carbons (Fsp3) is 0.500. The number of hydrogen-bond acceptors (Lipinski definition) is 4. The van der Waals surface area contributed by atoms with Crippen molar-refractivity contribution in [2.75, 3.05) is 19.6 Å². The van der Waals surface area contributed by atoms with Crippen LogP contribution in [0.25, 0.3) is 11.0 Å². The number of rotatable bonds is 7. The molecule has 1 heterocycles. The molecule has 0 radical (unpaired) electrons. The number of fused-ring (bicyclic) bond motifs is 1. The van der Waals surface area contributed by atoms with E-state index >= 15 is 0 Å². The minimum Gasteiger partial charge on any atom is -0.464 e. The Hall–Kier alpha value is -2.59. The van der Waals surface area contributed by atoms with Gasteiger partial charge in [-0.2, -0.15) is 0 Å². The average molecular weight is 355 g/mol. The summed E-state index contributed by atoms with van der Waals surface area (Å²) in [5, 5.41) is 6.97. The van der Waals surface area contributed by atoms with Gasteiger partial charge in [0.25, 0.3) is 0 Å². The zero-order chi connectivity index (χ0) is 18.2. The highest BCUT2D eigenvalue weighted by Gasteiger charge is 2.22. The van der Waals surface area contributed by atoms with Gasteiger partial charge in [0, 0.05) is 18.5 Å². The minimum atomic E-state index is -0.133. The summed E-state index contributed by atoms with van der Waals surface area (Å²) >= 11 is 0. The molecule has 2 aromatic rings. The van der Waals surface area contributed by atoms with E-state index in [-0.39, 0.29) is 6.03 Å². The van der Waals surface area contributed by atoms with Gasteiger partial charge in [0.15, 0.2) is 0 Å². The number of carbonyl (C=O) groups is 1. The summed E-state index contributed by atoms with van der Waals surface area (Å²) in [7, 11) is 0. The summed E-state index contributed by atoms with van der Waals surface area (Å²) in [5.41, 5.74) is 1.98. The fourth-order valence-electron chi connectivity index (χ4n) is 3.76. The maximum absolute atomic E-state index is 12.0. The number of benzene rings is 1. The Morgan fingerprint density at radius 1 is 1.23 bits per heavy atom. The van der Waals surface area contributed by atoms with E-state index < -0.39 is 0 Å². The zero-order valence-corrected chi connectivity index (χ0v) is 14.9. The number of urea groups is 1. The van der Waals surface area contributed by atoms with Gasteiger partial charge in [-0.05, 0) is 49.1 Å². The number of carbonyl (C=O) groups excluding carboxylic acids is 2. The largest absolute Gasteiger partial charge is 0.464 e. The summed E-state index contributed by atoms with van der Waals surface area (Å²) < 4.78 is 5.51. The highest BCUT2D eigenvalue weighted by Crippen LogP contribution is 2.28. The van der Waals surface area contributed by atoms with Gasteiger partial charge in [-0.25, -0.2) is 14.6 Å². The van der Waals surface area contributed by atoms with Gasteiger partial charge >= 0.3 is 6.03 Å². The molecule has 1 fully saturated rings. The van der Waals surface area contributed by atoms with Crippen LogP contribution in [0.4, 0.5) is 4.79 Å². The molecular weight excluding hydrogens is 330 g/mol. The quantitative estimate of drug-likeness (QED) is 0.590. The SMILES string of the molecule is O=C=NCC1CCCC(CNC(=O)NCCc2coc3ccccc23)C1. The van der Waals surface area contributed by atoms with Crippen molar-refractivity contribution in [1.29, 1.82) is 0 Å². The second kappa shape index (κ2) is 9.20. The van der Waals surface area contributed by atoms with Crippen LogP contribution in [-0.4, -0.2) is 31.7 Å². The number of furan rings is 1. The van der Waals surface area contributed by atoms with E-state index in [1.165, 1.54) is 0 Å². The molecule has 2 amide bonds. The molecular formula is C20H25N3O3. The molecule has 1 aliphatic rings. The molecule has 1 aliphatic carbocycles. The molecule has 1 aromatic heterocycles. The summed E-state index contributed by atoms with van der Waals surface area (Å²) in [4.78, 5) is 26.0. The van der Waals surface area contributed by atoms with Gasteiger partial charge < -0.3 is 15.1 Å². The number of isocyanates is 1. The number of amides is 2. The first-order valence-corrected chi connectivity index (χ1v) is 9.26. The number of aliphatic imine (C=N–C) groups is 1. The van der Waals surface area contributed by atoms with Crippen molar-refractivity contribution in [3.8, 4) is 0 Å². The van der Waals surface area contributed by atoms with Crippen molar-refractivity contribution in [2.24, 2.45) is 16.8 Å². The lowest BCUT2D eigenvalue weighted by Gasteiger charge is -2.28. The van der Waals surface area contributed by atoms with Gasteiger partial charge in [-0.15, -0.1) is 0 Å². The molecule has 1 saturated carbocycles. The van der Waals surface area contributed by atoms with Crippen molar-refractivity contribution in [1.82, 2.24) is 10.6 Å². The molecule has 2 unspecified atom stereocenters. The van der Waals surface area contributed by atoms with Crippen molar-refractivity contribution in [3.05, 3.63) is 36.1 Å². The molecule has 2 atom stereocenters. The molecule has 6 nitrogen and oxygen atoms in total. The first kappa shape index (κ1) is 18.2. The molecule has 0 bridgehead atoms. The molecule has 0 spiro atoms. The Kier molecular flexibility index (Phi) is 6.45. The van der Waals surface area contributed by atoms with Crippen LogP contribution in [0.2, 0.25) is 0 Å². The lowest BCUT2D eigenvalue weighted by molar-refractivity contribution is 0.230. The van der Waals surface area contributed by atoms with E-state index in [4.69, 9.17) is 4.42 Å². The summed E-state index contributed by atoms with van der Waals surface area (Å²) in [6.07, 6.45) is 8.46. The highest BCUT2D eigenvalue weighted by molar-refractivity contribution is 5.81. The van der Waals surface area contributed by atoms with E-state index in [1.54, 1.807) is 12.3 Å². The molecule has 1 aromatic carbocycles. The Bertz CT molecular complexity index is 779. The van der Waals surface area contributed by atoms with Crippen LogP contribution in [0.3, 0.4) is 0 Å². The average Bonchev–Trinajstić information content (AvgIpc) is 3.08. The Labute approximate surface area is 153 Å². The first-order valence-electron chi connectivity index (χ1n) is 9.26. The molecule has 0 aliphatic heterocycles. The van der Waals surface area contributed by atoms with Crippen LogP contribution in [0.1, 0.15) is 31.2 Å². The van der Waals surface area contributed by atoms with E-state index in [9.17, 15) is 9.59 Å². The minimum absolute atomic E-state index is 0.133. The number of nitrogens with zero attached hydrogens (tertiary/aromatic N) is 1. The lowest BCUT2D eigenvalue weighted by Crippen LogP contribution is -2.40. The number of para-hydroxylation sites is 1. The van der Waals surface area contributed by atoms with Crippen molar-refractivity contribution >= 4 is 23.1 Å². The molecule has 138 valence electrons. The fourth-order valence-corrected chi connectivity index (χ4v) is 3.76. The normalized spacial score (nSPS) is 19.7. The number of nitrogens with one attached hydrogen (secondary N) is 2. The topological polar surface area (TPSA) is 83.7 Å². The molecule has 26 heavy (non-hydrogen) atoms. The van der Waals surface area contributed by atoms with Crippen LogP contribution in [0, 0.1) is 11.8 Å². The Balaban J connectivity index is 1.37. The van der Waals surface area contributed by atoms with Gasteiger partial charge in [-0.1, -0.05) is 24.6 Å². The highest BCUT2D eigenvalue weighted by atomic mass is 16.3. The zero-order valence-electron chi connectivity index (χ0n) is 14.9. The maximum atomic E-state index is 12.0. The Morgan fingerprint density at radius 2 is 2.08 bits per heavy atom. The maximum Gasteiger partial charge on any atom is 0.314 e. The van der Waals surface area contributed by atoms with E-state index in [0.29, 0.717) is 31.5 Å². The second-order valence-electron chi connectivity index (χ2n) is 6.97. The summed E-state index contributed by atoms with van der Waals surface area (Å²) in [6, 6.07) is 7.77. The summed E-state index contributed by atoms with van der Waals surface area (Å²) in [6.45, 7) is 1.79. The van der Waals surface area contributed by atoms with Crippen LogP contribution >= 0.6 is 0 Å². The van der Waals surface area contributed by atoms with Crippen LogP contribution in [0.5, 0.6) is 0 Å². The monoisotopic (exact) mass is 355 g/mol. The van der Waals surface area contributed by atoms with Gasteiger partial charge in [-0.3, -0.25) is 0 Å². The molecule has 2 N–H and O–H groups in total. The van der Waals surface area contributed by atoms with E-state index in [0.717, 1.165) is 48.6 Å². The first-order chi connectivity index (χ1) is 12.8. The van der Waals surface area contributed by atoms with Gasteiger partial charge in [0.05, 0.1) is 12.8 Å². The van der Waals surface area contributed by atoms with Gasteiger partial charge in [0.1, 0.15) is 5.58 Å². The Morgan fingerprint density at radius 3 is 2.96 bits per heavy atom. The molecule has 3 rings (SSSR count). The van der Waals surface area contributed by atoms with E-state index in [1.807, 2.05) is 24.3 Å². The van der Waals surface area contributed by atoms with Crippen LogP contribution in [-0.2, 0) is 11.2 Å². The molecule has 0 saturated heterocycles. The van der Waals surface area contributed by atoms with Crippen molar-refractivity contribution in [2.45, 2.75) is 32.1 Å². The smallest absolute Gasteiger partial charge is 0.314 e. The third-order valence-corrected chi connectivity index (χ3v) is 5.10. The lowest BCUT2D eigenvalue weighted by atomic mass is 9.81. The third-order valence-electron chi connectivity index (χ3n) is 5.10. The van der Waals surface area contributed by atoms with Crippen LogP contribution in [0.15, 0.2) is 39.9 Å². The van der Waals surface area contributed by atoms with Gasteiger partial charge in [0.2, 0.25) is 6.08 Å². The van der Waals surface area contributed by atoms with Crippen LogP contribution < -0.4 is 10.6 Å². The summed E-state index contributed by atoms with van der Waals surface area (Å²) in [5.74, 6) is 0.897.